The summed E-state index contributed by atoms with van der Waals surface area (Å²) < 4.78 is 10.6. The van der Waals surface area contributed by atoms with Crippen LogP contribution in [0.1, 0.15) is 18.1 Å². The van der Waals surface area contributed by atoms with Crippen molar-refractivity contribution in [2.24, 2.45) is 0 Å². The Morgan fingerprint density at radius 1 is 1.37 bits per heavy atom. The van der Waals surface area contributed by atoms with Crippen molar-refractivity contribution < 1.29 is 19.4 Å². The molecule has 0 radical (unpaired) electrons. The Labute approximate surface area is 112 Å². The number of carbonyl (C=O) groups is 1. The predicted octanol–water partition coefficient (Wildman–Crippen LogP) is 1.54. The van der Waals surface area contributed by atoms with Crippen LogP contribution in [0.3, 0.4) is 0 Å². The van der Waals surface area contributed by atoms with Crippen LogP contribution in [0.4, 0.5) is 0 Å². The minimum atomic E-state index is -0.793. The van der Waals surface area contributed by atoms with E-state index in [1.165, 1.54) is 0 Å². The molecule has 1 N–H and O–H groups in total. The fourth-order valence-electron chi connectivity index (χ4n) is 2.44. The average molecular weight is 265 g/mol. The summed E-state index contributed by atoms with van der Waals surface area (Å²) in [5.74, 6) is 0.760. The molecule has 1 atom stereocenters. The summed E-state index contributed by atoms with van der Waals surface area (Å²) in [6, 6.07) is 3.35. The van der Waals surface area contributed by atoms with Crippen molar-refractivity contribution in [2.45, 2.75) is 25.9 Å². The number of hydrogen-bond acceptors (Lipinski definition) is 4. The van der Waals surface area contributed by atoms with Crippen LogP contribution in [0.25, 0.3) is 0 Å². The van der Waals surface area contributed by atoms with Gasteiger partial charge in [-0.15, -0.1) is 0 Å². The van der Waals surface area contributed by atoms with Gasteiger partial charge in [-0.3, -0.25) is 9.69 Å². The molecule has 1 aromatic rings. The smallest absolute Gasteiger partial charge is 0.320 e. The minimum absolute atomic E-state index is 0.481. The third kappa shape index (κ3) is 2.66. The molecule has 0 fully saturated rings. The van der Waals surface area contributed by atoms with E-state index < -0.39 is 12.0 Å². The van der Waals surface area contributed by atoms with Crippen molar-refractivity contribution in [1.82, 2.24) is 4.90 Å². The molecule has 1 heterocycles. The molecule has 0 bridgehead atoms. The lowest BCUT2D eigenvalue weighted by atomic mass is 9.97. The zero-order valence-electron chi connectivity index (χ0n) is 11.5. The summed E-state index contributed by atoms with van der Waals surface area (Å²) in [5.41, 5.74) is 2.23. The summed E-state index contributed by atoms with van der Waals surface area (Å²) in [5, 5.41) is 9.09. The molecule has 104 valence electrons. The van der Waals surface area contributed by atoms with E-state index in [1.54, 1.807) is 21.1 Å². The van der Waals surface area contributed by atoms with Gasteiger partial charge in [0, 0.05) is 24.7 Å². The number of ether oxygens (including phenoxy) is 2. The van der Waals surface area contributed by atoms with Gasteiger partial charge in [0.25, 0.3) is 0 Å². The molecule has 19 heavy (non-hydrogen) atoms. The lowest BCUT2D eigenvalue weighted by Crippen LogP contribution is -2.42. The molecule has 2 rings (SSSR count). The molecular weight excluding hydrogens is 246 g/mol. The normalized spacial score (nSPS) is 16.6. The SMILES string of the molecule is COc1cc2c(c(OC)c1)CCN(C(C)C(=O)O)C2. The maximum Gasteiger partial charge on any atom is 0.320 e. The Kier molecular flexibility index (Phi) is 3.95. The molecule has 5 heteroatoms. The topological polar surface area (TPSA) is 59.0 Å². The number of benzene rings is 1. The molecular formula is C14H19NO4. The van der Waals surface area contributed by atoms with E-state index >= 15 is 0 Å². The summed E-state index contributed by atoms with van der Waals surface area (Å²) in [4.78, 5) is 13.0. The van der Waals surface area contributed by atoms with Crippen LogP contribution >= 0.6 is 0 Å². The molecule has 5 nitrogen and oxygen atoms in total. The number of carboxylic acid groups (broad SMARTS) is 1. The molecule has 1 aromatic carbocycles. The third-order valence-electron chi connectivity index (χ3n) is 3.66. The van der Waals surface area contributed by atoms with Crippen LogP contribution in [0, 0.1) is 0 Å². The van der Waals surface area contributed by atoms with Crippen LogP contribution in [0.15, 0.2) is 12.1 Å². The lowest BCUT2D eigenvalue weighted by molar-refractivity contribution is -0.143. The van der Waals surface area contributed by atoms with Crippen LogP contribution in [-0.4, -0.2) is 42.8 Å². The number of fused-ring (bicyclic) bond motifs is 1. The first kappa shape index (κ1) is 13.7. The number of aliphatic carboxylic acids is 1. The van der Waals surface area contributed by atoms with E-state index in [4.69, 9.17) is 14.6 Å². The molecule has 0 aromatic heterocycles. The lowest BCUT2D eigenvalue weighted by Gasteiger charge is -2.32. The van der Waals surface area contributed by atoms with Gasteiger partial charge in [-0.1, -0.05) is 0 Å². The van der Waals surface area contributed by atoms with Gasteiger partial charge in [-0.25, -0.2) is 0 Å². The van der Waals surface area contributed by atoms with Crippen LogP contribution < -0.4 is 9.47 Å². The van der Waals surface area contributed by atoms with E-state index in [9.17, 15) is 4.79 Å². The molecule has 1 aliphatic rings. The second-order valence-electron chi connectivity index (χ2n) is 4.70. The first-order chi connectivity index (χ1) is 9.06. The van der Waals surface area contributed by atoms with Crippen LogP contribution in [-0.2, 0) is 17.8 Å². The Morgan fingerprint density at radius 2 is 2.11 bits per heavy atom. The Bertz CT molecular complexity index is 487. The highest BCUT2D eigenvalue weighted by Crippen LogP contribution is 2.33. The molecule has 0 spiro atoms. The van der Waals surface area contributed by atoms with Gasteiger partial charge in [0.2, 0.25) is 0 Å². The van der Waals surface area contributed by atoms with Crippen molar-refractivity contribution in [3.63, 3.8) is 0 Å². The minimum Gasteiger partial charge on any atom is -0.497 e. The molecule has 0 saturated heterocycles. The monoisotopic (exact) mass is 265 g/mol. The second-order valence-corrected chi connectivity index (χ2v) is 4.70. The molecule has 1 unspecified atom stereocenters. The van der Waals surface area contributed by atoms with Gasteiger partial charge in [0.05, 0.1) is 14.2 Å². The zero-order chi connectivity index (χ0) is 14.0. The van der Waals surface area contributed by atoms with E-state index in [0.29, 0.717) is 6.54 Å². The van der Waals surface area contributed by atoms with Gasteiger partial charge in [-0.2, -0.15) is 0 Å². The second kappa shape index (κ2) is 5.48. The van der Waals surface area contributed by atoms with Crippen molar-refractivity contribution in [3.05, 3.63) is 23.3 Å². The maximum atomic E-state index is 11.1. The van der Waals surface area contributed by atoms with Gasteiger partial charge in [0.1, 0.15) is 17.5 Å². The Balaban J connectivity index is 2.31. The fourth-order valence-corrected chi connectivity index (χ4v) is 2.44. The number of methoxy groups -OCH3 is 2. The first-order valence-electron chi connectivity index (χ1n) is 6.27. The Hall–Kier alpha value is -1.75. The van der Waals surface area contributed by atoms with Gasteiger partial charge < -0.3 is 14.6 Å². The Morgan fingerprint density at radius 3 is 2.68 bits per heavy atom. The van der Waals surface area contributed by atoms with E-state index in [0.717, 1.165) is 35.6 Å². The van der Waals surface area contributed by atoms with Gasteiger partial charge in [0.15, 0.2) is 0 Å². The zero-order valence-corrected chi connectivity index (χ0v) is 11.5. The number of carboxylic acids is 1. The summed E-state index contributed by atoms with van der Waals surface area (Å²) in [6.07, 6.45) is 0.792. The molecule has 1 aliphatic heterocycles. The van der Waals surface area contributed by atoms with E-state index in [2.05, 4.69) is 0 Å². The predicted molar refractivity (Wildman–Crippen MR) is 70.8 cm³/mol. The highest BCUT2D eigenvalue weighted by atomic mass is 16.5. The largest absolute Gasteiger partial charge is 0.497 e. The summed E-state index contributed by atoms with van der Waals surface area (Å²) >= 11 is 0. The average Bonchev–Trinajstić information content (AvgIpc) is 2.44. The standard InChI is InChI=1S/C14H19NO4/c1-9(14(16)17)15-5-4-12-10(8-15)6-11(18-2)7-13(12)19-3/h6-7,9H,4-5,8H2,1-3H3,(H,16,17). The number of nitrogens with zero attached hydrogens (tertiary/aromatic N) is 1. The number of hydrogen-bond donors (Lipinski definition) is 1. The quantitative estimate of drug-likeness (QED) is 0.894. The first-order valence-corrected chi connectivity index (χ1v) is 6.27. The molecule has 0 saturated carbocycles. The van der Waals surface area contributed by atoms with E-state index in [1.807, 2.05) is 17.0 Å². The van der Waals surface area contributed by atoms with E-state index in [-0.39, 0.29) is 0 Å². The third-order valence-corrected chi connectivity index (χ3v) is 3.66. The van der Waals surface area contributed by atoms with Crippen LogP contribution in [0.5, 0.6) is 11.5 Å². The van der Waals surface area contributed by atoms with Crippen molar-refractivity contribution in [3.8, 4) is 11.5 Å². The highest BCUT2D eigenvalue weighted by molar-refractivity contribution is 5.73. The summed E-state index contributed by atoms with van der Waals surface area (Å²) in [6.45, 7) is 3.05. The fraction of sp³-hybridized carbons (Fsp3) is 0.500. The maximum absolute atomic E-state index is 11.1. The summed E-state index contributed by atoms with van der Waals surface area (Å²) in [7, 11) is 3.25. The molecule has 0 aliphatic carbocycles. The van der Waals surface area contributed by atoms with Crippen LogP contribution in [0.2, 0.25) is 0 Å². The van der Waals surface area contributed by atoms with Gasteiger partial charge >= 0.3 is 5.97 Å². The van der Waals surface area contributed by atoms with Crippen molar-refractivity contribution >= 4 is 5.97 Å². The van der Waals surface area contributed by atoms with Crippen molar-refractivity contribution in [2.75, 3.05) is 20.8 Å². The highest BCUT2D eigenvalue weighted by Gasteiger charge is 2.27. The molecule has 0 amide bonds. The van der Waals surface area contributed by atoms with Gasteiger partial charge in [-0.05, 0) is 25.0 Å². The number of rotatable bonds is 4. The van der Waals surface area contributed by atoms with Crippen molar-refractivity contribution in [1.29, 1.82) is 0 Å².